The van der Waals surface area contributed by atoms with Crippen LogP contribution in [0.5, 0.6) is 0 Å². The van der Waals surface area contributed by atoms with Crippen molar-refractivity contribution in [2.24, 2.45) is 0 Å². The maximum Gasteiger partial charge on any atom is 0.0926 e. The minimum Gasteiger partial charge on any atom is -0.377 e. The summed E-state index contributed by atoms with van der Waals surface area (Å²) in [4.78, 5) is 4.53. The molecule has 0 bridgehead atoms. The molecule has 90 valence electrons. The Hall–Kier alpha value is -0.450. The number of aryl methyl sites for hydroxylation is 1. The van der Waals surface area contributed by atoms with Crippen molar-refractivity contribution in [2.75, 3.05) is 13.7 Å². The van der Waals surface area contributed by atoms with Gasteiger partial charge in [-0.25, -0.2) is 4.98 Å². The highest BCUT2D eigenvalue weighted by Gasteiger charge is 2.36. The van der Waals surface area contributed by atoms with Crippen molar-refractivity contribution < 1.29 is 4.74 Å². The van der Waals surface area contributed by atoms with E-state index in [1.165, 1.54) is 24.3 Å². The molecule has 2 rings (SSSR count). The van der Waals surface area contributed by atoms with Gasteiger partial charge < -0.3 is 10.1 Å². The molecule has 0 radical (unpaired) electrons. The average Bonchev–Trinajstić information content (AvgIpc) is 2.70. The molecule has 1 aliphatic carbocycles. The summed E-state index contributed by atoms with van der Waals surface area (Å²) in [7, 11) is 1.82. The van der Waals surface area contributed by atoms with Gasteiger partial charge in [0.1, 0.15) is 0 Å². The van der Waals surface area contributed by atoms with E-state index in [9.17, 15) is 0 Å². The van der Waals surface area contributed by atoms with Crippen molar-refractivity contribution in [3.8, 4) is 0 Å². The lowest BCUT2D eigenvalue weighted by Crippen LogP contribution is -2.47. The van der Waals surface area contributed by atoms with Gasteiger partial charge in [-0.3, -0.25) is 0 Å². The predicted octanol–water partition coefficient (Wildman–Crippen LogP) is 2.36. The number of nitrogens with one attached hydrogen (secondary N) is 1. The Morgan fingerprint density at radius 2 is 2.38 bits per heavy atom. The topological polar surface area (TPSA) is 34.2 Å². The summed E-state index contributed by atoms with van der Waals surface area (Å²) in [5.74, 6) is 0. The van der Waals surface area contributed by atoms with Crippen molar-refractivity contribution in [2.45, 2.75) is 44.8 Å². The summed E-state index contributed by atoms with van der Waals surface area (Å²) in [6.07, 6.45) is 4.71. The SMILES string of the molecule is CCc1nc(CNCC2(OC)CCC2)cs1. The van der Waals surface area contributed by atoms with Gasteiger partial charge in [-0.05, 0) is 25.7 Å². The molecule has 1 aliphatic rings. The number of ether oxygens (including phenoxy) is 1. The Morgan fingerprint density at radius 1 is 1.56 bits per heavy atom. The van der Waals surface area contributed by atoms with Crippen molar-refractivity contribution in [3.05, 3.63) is 16.1 Å². The highest BCUT2D eigenvalue weighted by Crippen LogP contribution is 2.34. The maximum atomic E-state index is 5.56. The van der Waals surface area contributed by atoms with E-state index in [2.05, 4.69) is 22.6 Å². The second-order valence-corrected chi connectivity index (χ2v) is 5.37. The van der Waals surface area contributed by atoms with Gasteiger partial charge in [-0.2, -0.15) is 0 Å². The van der Waals surface area contributed by atoms with Crippen LogP contribution in [0.4, 0.5) is 0 Å². The molecule has 0 atom stereocenters. The number of hydrogen-bond donors (Lipinski definition) is 1. The molecule has 4 heteroatoms. The quantitative estimate of drug-likeness (QED) is 0.829. The van der Waals surface area contributed by atoms with Gasteiger partial charge in [0.25, 0.3) is 0 Å². The summed E-state index contributed by atoms with van der Waals surface area (Å²) < 4.78 is 5.56. The molecule has 0 spiro atoms. The van der Waals surface area contributed by atoms with Gasteiger partial charge in [0, 0.05) is 25.6 Å². The Labute approximate surface area is 101 Å². The minimum absolute atomic E-state index is 0.115. The van der Waals surface area contributed by atoms with Gasteiger partial charge in [0.05, 0.1) is 16.3 Å². The van der Waals surface area contributed by atoms with Crippen LogP contribution in [-0.2, 0) is 17.7 Å². The molecular formula is C12H20N2OS. The van der Waals surface area contributed by atoms with Crippen molar-refractivity contribution in [3.63, 3.8) is 0 Å². The molecule has 1 N–H and O–H groups in total. The van der Waals surface area contributed by atoms with Crippen molar-refractivity contribution in [1.29, 1.82) is 0 Å². The van der Waals surface area contributed by atoms with E-state index in [0.29, 0.717) is 0 Å². The first-order valence-corrected chi connectivity index (χ1v) is 6.85. The Bertz CT molecular complexity index is 328. The third-order valence-corrected chi connectivity index (χ3v) is 4.39. The van der Waals surface area contributed by atoms with E-state index in [1.807, 2.05) is 7.11 Å². The fourth-order valence-corrected chi connectivity index (χ4v) is 2.78. The van der Waals surface area contributed by atoms with Crippen LogP contribution in [0, 0.1) is 0 Å². The molecule has 0 aromatic carbocycles. The first-order chi connectivity index (χ1) is 7.78. The smallest absolute Gasteiger partial charge is 0.0926 e. The summed E-state index contributed by atoms with van der Waals surface area (Å²) in [5, 5.41) is 6.82. The molecule has 0 saturated heterocycles. The molecule has 0 aliphatic heterocycles. The van der Waals surface area contributed by atoms with E-state index < -0.39 is 0 Å². The van der Waals surface area contributed by atoms with Gasteiger partial charge in [0.15, 0.2) is 0 Å². The summed E-state index contributed by atoms with van der Waals surface area (Å²) in [5.41, 5.74) is 1.27. The van der Waals surface area contributed by atoms with E-state index in [4.69, 9.17) is 4.74 Å². The highest BCUT2D eigenvalue weighted by atomic mass is 32.1. The molecule has 1 fully saturated rings. The average molecular weight is 240 g/mol. The van der Waals surface area contributed by atoms with Gasteiger partial charge in [-0.1, -0.05) is 6.92 Å². The number of hydrogen-bond acceptors (Lipinski definition) is 4. The summed E-state index contributed by atoms with van der Waals surface area (Å²) in [6.45, 7) is 3.95. The minimum atomic E-state index is 0.115. The predicted molar refractivity (Wildman–Crippen MR) is 66.8 cm³/mol. The monoisotopic (exact) mass is 240 g/mol. The lowest BCUT2D eigenvalue weighted by Gasteiger charge is -2.40. The van der Waals surface area contributed by atoms with Crippen LogP contribution in [0.3, 0.4) is 0 Å². The van der Waals surface area contributed by atoms with Crippen molar-refractivity contribution in [1.82, 2.24) is 10.3 Å². The fourth-order valence-electron chi connectivity index (χ4n) is 2.04. The summed E-state index contributed by atoms with van der Waals surface area (Å²) >= 11 is 1.75. The third kappa shape index (κ3) is 2.62. The Morgan fingerprint density at radius 3 is 2.88 bits per heavy atom. The fraction of sp³-hybridized carbons (Fsp3) is 0.750. The molecular weight excluding hydrogens is 220 g/mol. The highest BCUT2D eigenvalue weighted by molar-refractivity contribution is 7.09. The largest absolute Gasteiger partial charge is 0.377 e. The van der Waals surface area contributed by atoms with Crippen LogP contribution < -0.4 is 5.32 Å². The molecule has 3 nitrogen and oxygen atoms in total. The molecule has 1 aromatic rings. The number of thiazole rings is 1. The Balaban J connectivity index is 1.75. The molecule has 0 unspecified atom stereocenters. The van der Waals surface area contributed by atoms with Gasteiger partial charge in [-0.15, -0.1) is 11.3 Å². The lowest BCUT2D eigenvalue weighted by molar-refractivity contribution is -0.0695. The van der Waals surface area contributed by atoms with Crippen LogP contribution in [0.25, 0.3) is 0 Å². The van der Waals surface area contributed by atoms with Gasteiger partial charge >= 0.3 is 0 Å². The van der Waals surface area contributed by atoms with Gasteiger partial charge in [0.2, 0.25) is 0 Å². The van der Waals surface area contributed by atoms with Crippen LogP contribution in [0.1, 0.15) is 36.9 Å². The molecule has 1 heterocycles. The number of methoxy groups -OCH3 is 1. The van der Waals surface area contributed by atoms with Crippen molar-refractivity contribution >= 4 is 11.3 Å². The zero-order valence-corrected chi connectivity index (χ0v) is 10.9. The van der Waals surface area contributed by atoms with Crippen LogP contribution >= 0.6 is 11.3 Å². The second-order valence-electron chi connectivity index (χ2n) is 4.43. The van der Waals surface area contributed by atoms with E-state index in [0.717, 1.165) is 25.2 Å². The third-order valence-electron chi connectivity index (χ3n) is 3.35. The standard InChI is InChI=1S/C12H20N2OS/c1-3-11-14-10(8-16-11)7-13-9-12(15-2)5-4-6-12/h8,13H,3-7,9H2,1-2H3. The second kappa shape index (κ2) is 5.25. The summed E-state index contributed by atoms with van der Waals surface area (Å²) in [6, 6.07) is 0. The first kappa shape index (κ1) is 12.0. The van der Waals surface area contributed by atoms with E-state index in [-0.39, 0.29) is 5.60 Å². The molecule has 0 amide bonds. The lowest BCUT2D eigenvalue weighted by atomic mass is 9.80. The zero-order valence-electron chi connectivity index (χ0n) is 10.1. The van der Waals surface area contributed by atoms with Crippen LogP contribution in [-0.4, -0.2) is 24.2 Å². The van der Waals surface area contributed by atoms with E-state index >= 15 is 0 Å². The molecule has 1 saturated carbocycles. The first-order valence-electron chi connectivity index (χ1n) is 5.97. The normalized spacial score (nSPS) is 18.4. The number of aromatic nitrogens is 1. The Kier molecular flexibility index (Phi) is 3.95. The maximum absolute atomic E-state index is 5.56. The number of nitrogens with zero attached hydrogens (tertiary/aromatic N) is 1. The number of rotatable bonds is 6. The zero-order chi connectivity index (χ0) is 11.4. The molecule has 16 heavy (non-hydrogen) atoms. The molecule has 1 aromatic heterocycles. The van der Waals surface area contributed by atoms with Crippen LogP contribution in [0.15, 0.2) is 5.38 Å². The van der Waals surface area contributed by atoms with Crippen LogP contribution in [0.2, 0.25) is 0 Å². The van der Waals surface area contributed by atoms with E-state index in [1.54, 1.807) is 11.3 Å².